The predicted molar refractivity (Wildman–Crippen MR) is 123 cm³/mol. The largest absolute Gasteiger partial charge is 0.444 e. The van der Waals surface area contributed by atoms with Gasteiger partial charge in [0.2, 0.25) is 0 Å². The summed E-state index contributed by atoms with van der Waals surface area (Å²) in [6, 6.07) is 1.68. The summed E-state index contributed by atoms with van der Waals surface area (Å²) in [5.41, 5.74) is 11.9. The van der Waals surface area contributed by atoms with Crippen LogP contribution in [0.5, 0.6) is 0 Å². The van der Waals surface area contributed by atoms with Crippen molar-refractivity contribution in [3.8, 4) is 0 Å². The highest BCUT2D eigenvalue weighted by Crippen LogP contribution is 2.28. The fraction of sp³-hybridized carbons (Fsp3) is 0.450. The van der Waals surface area contributed by atoms with Crippen LogP contribution in [-0.4, -0.2) is 51.7 Å². The van der Waals surface area contributed by atoms with Crippen molar-refractivity contribution in [3.63, 3.8) is 0 Å². The van der Waals surface area contributed by atoms with E-state index in [-0.39, 0.29) is 28.5 Å². The second kappa shape index (κ2) is 9.43. The van der Waals surface area contributed by atoms with Crippen LogP contribution in [0.25, 0.3) is 0 Å². The number of carbonyl (C=O) groups is 2. The van der Waals surface area contributed by atoms with Gasteiger partial charge < -0.3 is 31.7 Å². The van der Waals surface area contributed by atoms with Crippen molar-refractivity contribution < 1.29 is 14.3 Å². The SMILES string of the molecule is CC(C)(C)OC(=O)NC1CCCN(c2ccncc2NC(=O)c2nc(Cl)c(N)nc2N)C1. The van der Waals surface area contributed by atoms with E-state index < -0.39 is 17.6 Å². The normalized spacial score (nSPS) is 16.4. The number of nitrogens with zero attached hydrogens (tertiary/aromatic N) is 4. The van der Waals surface area contributed by atoms with Gasteiger partial charge in [-0.05, 0) is 39.7 Å². The molecule has 0 aliphatic carbocycles. The molecule has 0 spiro atoms. The Labute approximate surface area is 190 Å². The fourth-order valence-electron chi connectivity index (χ4n) is 3.34. The Morgan fingerprint density at radius 1 is 1.25 bits per heavy atom. The molecule has 11 nitrogen and oxygen atoms in total. The highest BCUT2D eigenvalue weighted by molar-refractivity contribution is 6.31. The van der Waals surface area contributed by atoms with Crippen LogP contribution in [0.15, 0.2) is 18.5 Å². The number of anilines is 4. The van der Waals surface area contributed by atoms with Crippen molar-refractivity contribution >= 4 is 46.6 Å². The van der Waals surface area contributed by atoms with Crippen LogP contribution in [-0.2, 0) is 4.74 Å². The lowest BCUT2D eigenvalue weighted by Crippen LogP contribution is -2.49. The Morgan fingerprint density at radius 2 is 2.00 bits per heavy atom. The molecular weight excluding hydrogens is 436 g/mol. The summed E-state index contributed by atoms with van der Waals surface area (Å²) in [7, 11) is 0. The van der Waals surface area contributed by atoms with Gasteiger partial charge in [0.15, 0.2) is 22.5 Å². The lowest BCUT2D eigenvalue weighted by molar-refractivity contribution is 0.0500. The molecule has 1 aliphatic rings. The van der Waals surface area contributed by atoms with Gasteiger partial charge in [0, 0.05) is 25.3 Å². The van der Waals surface area contributed by atoms with E-state index in [2.05, 4.69) is 30.5 Å². The van der Waals surface area contributed by atoms with Crippen LogP contribution in [0.2, 0.25) is 5.15 Å². The predicted octanol–water partition coefficient (Wildman–Crippen LogP) is 2.44. The molecule has 1 unspecified atom stereocenters. The number of piperidine rings is 1. The molecule has 0 saturated carbocycles. The molecule has 0 radical (unpaired) electrons. The molecule has 6 N–H and O–H groups in total. The molecule has 0 bridgehead atoms. The fourth-order valence-corrected chi connectivity index (χ4v) is 3.46. The first-order valence-corrected chi connectivity index (χ1v) is 10.5. The first kappa shape index (κ1) is 23.3. The number of rotatable bonds is 4. The molecule has 3 heterocycles. The molecule has 3 rings (SSSR count). The Balaban J connectivity index is 1.74. The summed E-state index contributed by atoms with van der Waals surface area (Å²) >= 11 is 5.88. The Bertz CT molecular complexity index is 1010. The number of aromatic nitrogens is 3. The van der Waals surface area contributed by atoms with Crippen molar-refractivity contribution in [2.24, 2.45) is 0 Å². The van der Waals surface area contributed by atoms with Gasteiger partial charge in [-0.2, -0.15) is 0 Å². The molecule has 1 fully saturated rings. The zero-order chi connectivity index (χ0) is 23.5. The topological polar surface area (TPSA) is 161 Å². The number of pyridine rings is 1. The van der Waals surface area contributed by atoms with E-state index in [1.807, 2.05) is 20.8 Å². The van der Waals surface area contributed by atoms with Crippen molar-refractivity contribution in [3.05, 3.63) is 29.3 Å². The summed E-state index contributed by atoms with van der Waals surface area (Å²) in [6.45, 7) is 6.74. The third kappa shape index (κ3) is 5.88. The number of carbonyl (C=O) groups excluding carboxylic acids is 2. The zero-order valence-electron chi connectivity index (χ0n) is 18.2. The van der Waals surface area contributed by atoms with Crippen molar-refractivity contribution in [1.29, 1.82) is 0 Å². The van der Waals surface area contributed by atoms with Gasteiger partial charge in [0.25, 0.3) is 5.91 Å². The van der Waals surface area contributed by atoms with Gasteiger partial charge in [-0.3, -0.25) is 9.78 Å². The Hall–Kier alpha value is -3.34. The smallest absolute Gasteiger partial charge is 0.407 e. The summed E-state index contributed by atoms with van der Waals surface area (Å²) in [4.78, 5) is 38.9. The maximum atomic E-state index is 12.8. The molecule has 32 heavy (non-hydrogen) atoms. The van der Waals surface area contributed by atoms with Gasteiger partial charge in [0.05, 0.1) is 17.6 Å². The molecular formula is C20H27ClN8O3. The highest BCUT2D eigenvalue weighted by atomic mass is 35.5. The van der Waals surface area contributed by atoms with Crippen molar-refractivity contribution in [2.45, 2.75) is 45.3 Å². The Kier molecular flexibility index (Phi) is 6.87. The lowest BCUT2D eigenvalue weighted by Gasteiger charge is -2.35. The van der Waals surface area contributed by atoms with Gasteiger partial charge in [-0.25, -0.2) is 14.8 Å². The standard InChI is InChI=1S/C20H27ClN8O3/c1-20(2,3)32-19(31)25-11-5-4-8-29(10-11)13-6-7-24-9-12(13)26-18(30)14-16(22)28-17(23)15(21)27-14/h6-7,9,11H,4-5,8,10H2,1-3H3,(H,25,31)(H,26,30)(H4,22,23,28). The monoisotopic (exact) mass is 462 g/mol. The van der Waals surface area contributed by atoms with Crippen LogP contribution in [0.4, 0.5) is 27.8 Å². The van der Waals surface area contributed by atoms with Crippen molar-refractivity contribution in [1.82, 2.24) is 20.3 Å². The maximum Gasteiger partial charge on any atom is 0.407 e. The molecule has 12 heteroatoms. The van der Waals surface area contributed by atoms with Crippen molar-refractivity contribution in [2.75, 3.05) is 34.8 Å². The van der Waals surface area contributed by atoms with Gasteiger partial charge in [-0.1, -0.05) is 11.6 Å². The second-order valence-corrected chi connectivity index (χ2v) is 8.77. The Morgan fingerprint density at radius 3 is 2.72 bits per heavy atom. The number of nitrogen functional groups attached to an aromatic ring is 2. The van der Waals surface area contributed by atoms with Crippen LogP contribution in [0.3, 0.4) is 0 Å². The van der Waals surface area contributed by atoms with E-state index in [0.29, 0.717) is 12.2 Å². The first-order chi connectivity index (χ1) is 15.0. The molecule has 2 amide bonds. The minimum atomic E-state index is -0.591. The van der Waals surface area contributed by atoms with Crippen LogP contribution in [0.1, 0.15) is 44.1 Å². The number of nitrogens with two attached hydrogens (primary N) is 2. The lowest BCUT2D eigenvalue weighted by atomic mass is 10.0. The average Bonchev–Trinajstić information content (AvgIpc) is 2.69. The van der Waals surface area contributed by atoms with E-state index in [9.17, 15) is 9.59 Å². The van der Waals surface area contributed by atoms with E-state index >= 15 is 0 Å². The van der Waals surface area contributed by atoms with Gasteiger partial charge in [0.1, 0.15) is 5.60 Å². The molecule has 1 atom stereocenters. The van der Waals surface area contributed by atoms with Gasteiger partial charge in [-0.15, -0.1) is 0 Å². The minimum absolute atomic E-state index is 0.0559. The number of hydrogen-bond acceptors (Lipinski definition) is 9. The van der Waals surface area contributed by atoms with E-state index in [0.717, 1.165) is 25.1 Å². The maximum absolute atomic E-state index is 12.8. The van der Waals surface area contributed by atoms with E-state index in [4.69, 9.17) is 27.8 Å². The molecule has 1 aliphatic heterocycles. The molecule has 2 aromatic rings. The van der Waals surface area contributed by atoms with Crippen LogP contribution in [0, 0.1) is 0 Å². The van der Waals surface area contributed by atoms with Crippen LogP contribution >= 0.6 is 11.6 Å². The summed E-state index contributed by atoms with van der Waals surface area (Å²) in [6.07, 6.45) is 4.37. The van der Waals surface area contributed by atoms with E-state index in [1.54, 1.807) is 12.3 Å². The highest BCUT2D eigenvalue weighted by Gasteiger charge is 2.26. The van der Waals surface area contributed by atoms with Crippen LogP contribution < -0.4 is 27.0 Å². The quantitative estimate of drug-likeness (QED) is 0.534. The molecule has 0 aromatic carbocycles. The number of amides is 2. The number of halogens is 1. The average molecular weight is 463 g/mol. The second-order valence-electron chi connectivity index (χ2n) is 8.41. The minimum Gasteiger partial charge on any atom is -0.444 e. The third-order valence-electron chi connectivity index (χ3n) is 4.65. The number of nitrogens with one attached hydrogen (secondary N) is 2. The first-order valence-electron chi connectivity index (χ1n) is 10.1. The molecule has 2 aromatic heterocycles. The third-order valence-corrected chi connectivity index (χ3v) is 4.93. The zero-order valence-corrected chi connectivity index (χ0v) is 18.9. The summed E-state index contributed by atoms with van der Waals surface area (Å²) in [5, 5.41) is 5.57. The van der Waals surface area contributed by atoms with Gasteiger partial charge >= 0.3 is 6.09 Å². The van der Waals surface area contributed by atoms with E-state index in [1.165, 1.54) is 6.20 Å². The summed E-state index contributed by atoms with van der Waals surface area (Å²) < 4.78 is 5.36. The summed E-state index contributed by atoms with van der Waals surface area (Å²) in [5.74, 6) is -0.777. The molecule has 1 saturated heterocycles. The number of alkyl carbamates (subject to hydrolysis) is 1. The molecule has 172 valence electrons. The number of hydrogen-bond donors (Lipinski definition) is 4. The number of ether oxygens (including phenoxy) is 1.